The number of aromatic nitrogens is 6. The maximum Gasteiger partial charge on any atom is 0.410 e. The number of rotatable bonds is 11. The highest BCUT2D eigenvalue weighted by Gasteiger charge is 2.40. The number of nitrogens with one attached hydrogen (secondary N) is 1. The average molecular weight is 806 g/mol. The van der Waals surface area contributed by atoms with Gasteiger partial charge in [-0.2, -0.15) is 0 Å². The normalized spacial score (nSPS) is 18.9. The maximum absolute atomic E-state index is 13.3. The van der Waals surface area contributed by atoms with E-state index < -0.39 is 19.3 Å². The molecule has 0 bridgehead atoms. The van der Waals surface area contributed by atoms with Crippen molar-refractivity contribution in [1.29, 1.82) is 0 Å². The van der Waals surface area contributed by atoms with E-state index in [0.717, 1.165) is 94.5 Å². The van der Waals surface area contributed by atoms with Crippen molar-refractivity contribution < 1.29 is 23.8 Å². The van der Waals surface area contributed by atoms with Crippen LogP contribution in [0.4, 0.5) is 4.79 Å². The lowest BCUT2D eigenvalue weighted by Gasteiger charge is -2.27. The first-order chi connectivity index (χ1) is 27.4. The molecular weight excluding hydrogens is 747 g/mol. The van der Waals surface area contributed by atoms with Crippen LogP contribution in [-0.4, -0.2) is 78.9 Å². The van der Waals surface area contributed by atoms with Gasteiger partial charge in [-0.15, -0.1) is 0 Å². The molecule has 1 N–H and O–H groups in total. The first kappa shape index (κ1) is 41.3. The minimum atomic E-state index is -1.28. The quantitative estimate of drug-likeness (QED) is 0.0785. The second-order valence-corrected chi connectivity index (χ2v) is 24.7. The monoisotopic (exact) mass is 805 g/mol. The molecule has 308 valence electrons. The predicted molar refractivity (Wildman–Crippen MR) is 229 cm³/mol. The SMILES string of the molecule is CC(C)(C)OC(=O)C1CCC[C@H]1c1ncc(-c2cnc3cc(-c4ccc(-c5cnc([C@@H]6CCCN6C(=O)OC(C)(C)C)[nH]5)cn4)ccc3c2)n1COCC[Si](C)(C)C. The highest BCUT2D eigenvalue weighted by atomic mass is 28.3. The number of fused-ring (bicyclic) bond motifs is 1. The number of ether oxygens (including phenoxy) is 3. The van der Waals surface area contributed by atoms with Crippen molar-refractivity contribution >= 4 is 31.0 Å². The van der Waals surface area contributed by atoms with Gasteiger partial charge in [-0.05, 0) is 97.5 Å². The number of imidazole rings is 2. The number of likely N-dealkylation sites (tertiary alicyclic amines) is 1. The molecule has 1 amide bonds. The number of pyridine rings is 2. The number of carbonyl (C=O) groups is 2. The van der Waals surface area contributed by atoms with Gasteiger partial charge in [-0.25, -0.2) is 14.8 Å². The van der Waals surface area contributed by atoms with E-state index in [1.807, 2.05) is 72.3 Å². The molecule has 13 heteroatoms. The third kappa shape index (κ3) is 9.69. The zero-order valence-electron chi connectivity index (χ0n) is 35.6. The highest BCUT2D eigenvalue weighted by Crippen LogP contribution is 2.42. The number of amides is 1. The van der Waals surface area contributed by atoms with E-state index in [0.29, 0.717) is 19.9 Å². The Bertz CT molecular complexity index is 2250. The number of esters is 1. The summed E-state index contributed by atoms with van der Waals surface area (Å²) in [6.07, 6.45) is 11.5. The molecule has 1 aliphatic carbocycles. The standard InChI is InChI=1S/C45H59N7O5Si/c1-44(2,3)56-42(53)34-13-10-12-33(34)41-49-27-39(52(41)28-55-20-21-58(7,8)9)32-22-29-15-16-30(23-36(29)47-25-32)35-18-17-31(24-46-35)37-26-48-40(50-37)38-14-11-19-51(38)43(54)57-45(4,5)6/h15-18,22-27,33-34,38H,10-14,19-21,28H2,1-9H3,(H,48,50)/t33-,34?,38+/m1/s1. The van der Waals surface area contributed by atoms with Crippen molar-refractivity contribution in [3.63, 3.8) is 0 Å². The van der Waals surface area contributed by atoms with E-state index in [-0.39, 0.29) is 29.9 Å². The summed E-state index contributed by atoms with van der Waals surface area (Å²) >= 11 is 0. The van der Waals surface area contributed by atoms with E-state index in [2.05, 4.69) is 58.4 Å². The molecule has 3 atom stereocenters. The van der Waals surface area contributed by atoms with Gasteiger partial charge in [-0.3, -0.25) is 19.7 Å². The second-order valence-electron chi connectivity index (χ2n) is 19.0. The second kappa shape index (κ2) is 16.4. The van der Waals surface area contributed by atoms with Gasteiger partial charge in [0.05, 0.1) is 47.0 Å². The minimum absolute atomic E-state index is 0.0452. The smallest absolute Gasteiger partial charge is 0.410 e. The Balaban J connectivity index is 1.10. The fourth-order valence-electron chi connectivity index (χ4n) is 7.90. The van der Waals surface area contributed by atoms with Crippen LogP contribution in [0.2, 0.25) is 25.7 Å². The number of H-pyrrole nitrogens is 1. The zero-order chi connectivity index (χ0) is 41.4. The largest absolute Gasteiger partial charge is 0.460 e. The molecule has 5 aromatic rings. The Morgan fingerprint density at radius 3 is 2.29 bits per heavy atom. The first-order valence-corrected chi connectivity index (χ1v) is 24.4. The summed E-state index contributed by atoms with van der Waals surface area (Å²) in [6.45, 7) is 20.1. The Labute approximate surface area is 343 Å². The minimum Gasteiger partial charge on any atom is -0.460 e. The zero-order valence-corrected chi connectivity index (χ0v) is 36.6. The summed E-state index contributed by atoms with van der Waals surface area (Å²) in [5.41, 5.74) is 5.15. The number of carbonyl (C=O) groups excluding carboxylic acids is 2. The first-order valence-electron chi connectivity index (χ1n) is 20.7. The number of aromatic amines is 1. The van der Waals surface area contributed by atoms with Crippen LogP contribution in [0, 0.1) is 5.92 Å². The summed E-state index contributed by atoms with van der Waals surface area (Å²) in [5, 5.41) is 0.997. The van der Waals surface area contributed by atoms with Crippen molar-refractivity contribution in [2.45, 2.75) is 129 Å². The van der Waals surface area contributed by atoms with Crippen molar-refractivity contribution in [2.24, 2.45) is 5.92 Å². The molecule has 0 radical (unpaired) electrons. The highest BCUT2D eigenvalue weighted by molar-refractivity contribution is 6.76. The lowest BCUT2D eigenvalue weighted by Crippen LogP contribution is -2.36. The Hall–Kier alpha value is -4.88. The van der Waals surface area contributed by atoms with E-state index in [9.17, 15) is 9.59 Å². The molecule has 1 saturated heterocycles. The molecule has 12 nitrogen and oxygen atoms in total. The molecular formula is C45H59N7O5Si. The van der Waals surface area contributed by atoms with Crippen LogP contribution in [0.15, 0.2) is 61.2 Å². The fraction of sp³-hybridized carbons (Fsp3) is 0.511. The van der Waals surface area contributed by atoms with Crippen LogP contribution < -0.4 is 0 Å². The predicted octanol–water partition coefficient (Wildman–Crippen LogP) is 10.2. The summed E-state index contributed by atoms with van der Waals surface area (Å²) in [6, 6.07) is 13.3. The average Bonchev–Trinajstić information content (AvgIpc) is 3.98. The van der Waals surface area contributed by atoms with Gasteiger partial charge in [0.15, 0.2) is 0 Å². The van der Waals surface area contributed by atoms with Gasteiger partial charge in [-0.1, -0.05) is 38.2 Å². The summed E-state index contributed by atoms with van der Waals surface area (Å²) in [4.78, 5) is 50.8. The Kier molecular flexibility index (Phi) is 11.7. The molecule has 0 spiro atoms. The number of nitrogens with zero attached hydrogens (tertiary/aromatic N) is 6. The van der Waals surface area contributed by atoms with E-state index in [4.69, 9.17) is 29.2 Å². The summed E-state index contributed by atoms with van der Waals surface area (Å²) in [5.74, 6) is 1.18. The molecule has 1 aromatic carbocycles. The molecule has 1 aliphatic heterocycles. The van der Waals surface area contributed by atoms with Crippen molar-refractivity contribution in [3.8, 4) is 33.8 Å². The number of benzene rings is 1. The van der Waals surface area contributed by atoms with Gasteiger partial charge >= 0.3 is 12.1 Å². The third-order valence-electron chi connectivity index (χ3n) is 10.8. The van der Waals surface area contributed by atoms with Gasteiger partial charge < -0.3 is 23.8 Å². The third-order valence-corrected chi connectivity index (χ3v) is 12.5. The van der Waals surface area contributed by atoms with Crippen LogP contribution >= 0.6 is 0 Å². The molecule has 58 heavy (non-hydrogen) atoms. The van der Waals surface area contributed by atoms with Crippen molar-refractivity contribution in [2.75, 3.05) is 13.2 Å². The molecule has 1 unspecified atom stereocenters. The summed E-state index contributed by atoms with van der Waals surface area (Å²) < 4.78 is 20.0. The molecule has 2 aliphatic rings. The molecule has 7 rings (SSSR count). The Morgan fingerprint density at radius 1 is 0.810 bits per heavy atom. The van der Waals surface area contributed by atoms with Gasteiger partial charge in [0.2, 0.25) is 0 Å². The molecule has 4 aromatic heterocycles. The van der Waals surface area contributed by atoms with Crippen LogP contribution in [0.1, 0.15) is 97.3 Å². The van der Waals surface area contributed by atoms with Gasteiger partial charge in [0, 0.05) is 61.6 Å². The lowest BCUT2D eigenvalue weighted by molar-refractivity contribution is -0.160. The van der Waals surface area contributed by atoms with Crippen LogP contribution in [0.5, 0.6) is 0 Å². The van der Waals surface area contributed by atoms with Crippen LogP contribution in [0.25, 0.3) is 44.7 Å². The van der Waals surface area contributed by atoms with Crippen LogP contribution in [0.3, 0.4) is 0 Å². The molecule has 5 heterocycles. The van der Waals surface area contributed by atoms with E-state index >= 15 is 0 Å². The van der Waals surface area contributed by atoms with Gasteiger partial charge in [0.25, 0.3) is 0 Å². The van der Waals surface area contributed by atoms with E-state index in [1.54, 1.807) is 11.1 Å². The topological polar surface area (TPSA) is 137 Å². The van der Waals surface area contributed by atoms with E-state index in [1.165, 1.54) is 0 Å². The fourth-order valence-corrected chi connectivity index (χ4v) is 8.66. The molecule has 2 fully saturated rings. The van der Waals surface area contributed by atoms with Crippen molar-refractivity contribution in [1.82, 2.24) is 34.4 Å². The molecule has 1 saturated carbocycles. The van der Waals surface area contributed by atoms with Crippen LogP contribution in [-0.2, 0) is 25.7 Å². The maximum atomic E-state index is 13.3. The summed E-state index contributed by atoms with van der Waals surface area (Å²) in [7, 11) is -1.28. The number of hydrogen-bond acceptors (Lipinski definition) is 9. The lowest BCUT2D eigenvalue weighted by atomic mass is 9.95. The Morgan fingerprint density at radius 2 is 1.57 bits per heavy atom. The van der Waals surface area contributed by atoms with Crippen molar-refractivity contribution in [3.05, 3.63) is 72.8 Å². The van der Waals surface area contributed by atoms with Gasteiger partial charge in [0.1, 0.15) is 29.6 Å². The number of hydrogen-bond donors (Lipinski definition) is 1.